The van der Waals surface area contributed by atoms with Crippen molar-refractivity contribution in [3.8, 4) is 10.6 Å². The average molecular weight is 439 g/mol. The Labute approximate surface area is 181 Å². The van der Waals surface area contributed by atoms with Crippen LogP contribution in [-0.2, 0) is 0 Å². The van der Waals surface area contributed by atoms with Gasteiger partial charge in [0.1, 0.15) is 22.2 Å². The van der Waals surface area contributed by atoms with Crippen LogP contribution in [0.4, 0.5) is 26.0 Å². The molecule has 0 spiro atoms. The summed E-state index contributed by atoms with van der Waals surface area (Å²) in [5, 5.41) is 3.60. The van der Waals surface area contributed by atoms with Crippen LogP contribution < -0.4 is 16.0 Å². The van der Waals surface area contributed by atoms with Crippen LogP contribution in [0.3, 0.4) is 0 Å². The van der Waals surface area contributed by atoms with Gasteiger partial charge >= 0.3 is 0 Å². The number of nitrogens with one attached hydrogen (secondary N) is 1. The number of piperidine rings is 1. The topological polar surface area (TPSA) is 80.0 Å². The molecule has 1 atom stereocenters. The number of pyridine rings is 2. The number of thiazole rings is 1. The Balaban J connectivity index is 1.53. The monoisotopic (exact) mass is 438 g/mol. The zero-order valence-electron chi connectivity index (χ0n) is 16.6. The lowest BCUT2D eigenvalue weighted by Crippen LogP contribution is -2.43. The first-order valence-electron chi connectivity index (χ1n) is 10.0. The van der Waals surface area contributed by atoms with Gasteiger partial charge in [0.15, 0.2) is 5.82 Å². The molecule has 0 bridgehead atoms. The normalized spacial score (nSPS) is 16.6. The molecule has 1 saturated heterocycles. The van der Waals surface area contributed by atoms with E-state index >= 15 is 0 Å². The number of nitrogens with two attached hydrogens (primary N) is 1. The van der Waals surface area contributed by atoms with E-state index in [1.807, 2.05) is 6.07 Å². The van der Waals surface area contributed by atoms with Gasteiger partial charge in [-0.2, -0.15) is 0 Å². The fourth-order valence-electron chi connectivity index (χ4n) is 3.87. The molecule has 3 aromatic heterocycles. The number of anilines is 3. The molecule has 9 heteroatoms. The second-order valence-corrected chi connectivity index (χ2v) is 8.52. The molecule has 0 aliphatic carbocycles. The number of aromatic nitrogens is 3. The van der Waals surface area contributed by atoms with Gasteiger partial charge < -0.3 is 16.0 Å². The van der Waals surface area contributed by atoms with E-state index in [9.17, 15) is 8.78 Å². The van der Waals surface area contributed by atoms with Gasteiger partial charge in [-0.3, -0.25) is 4.98 Å². The number of fused-ring (bicyclic) bond motifs is 1. The van der Waals surface area contributed by atoms with Crippen molar-refractivity contribution in [2.24, 2.45) is 5.73 Å². The Bertz CT molecular complexity index is 1220. The van der Waals surface area contributed by atoms with Gasteiger partial charge in [-0.15, -0.1) is 11.3 Å². The summed E-state index contributed by atoms with van der Waals surface area (Å²) in [6.07, 6.45) is 7.17. The van der Waals surface area contributed by atoms with Crippen molar-refractivity contribution in [3.05, 3.63) is 60.6 Å². The Morgan fingerprint density at radius 2 is 1.97 bits per heavy atom. The molecule has 3 N–H and O–H groups in total. The minimum absolute atomic E-state index is 0.126. The van der Waals surface area contributed by atoms with Crippen LogP contribution in [0.1, 0.15) is 12.8 Å². The predicted octanol–water partition coefficient (Wildman–Crippen LogP) is 4.70. The highest BCUT2D eigenvalue weighted by Crippen LogP contribution is 2.37. The second-order valence-electron chi connectivity index (χ2n) is 7.49. The van der Waals surface area contributed by atoms with E-state index in [-0.39, 0.29) is 16.6 Å². The highest BCUT2D eigenvalue weighted by Gasteiger charge is 2.21. The summed E-state index contributed by atoms with van der Waals surface area (Å²) < 4.78 is 29.3. The first-order valence-corrected chi connectivity index (χ1v) is 10.8. The Morgan fingerprint density at radius 3 is 2.77 bits per heavy atom. The molecule has 0 radical (unpaired) electrons. The molecule has 1 fully saturated rings. The summed E-state index contributed by atoms with van der Waals surface area (Å²) in [4.78, 5) is 15.4. The van der Waals surface area contributed by atoms with Crippen LogP contribution in [0.25, 0.3) is 20.8 Å². The summed E-state index contributed by atoms with van der Waals surface area (Å²) in [6.45, 7) is 1.68. The smallest absolute Gasteiger partial charge is 0.157 e. The summed E-state index contributed by atoms with van der Waals surface area (Å²) in [5.74, 6) is -0.776. The molecule has 0 amide bonds. The lowest BCUT2D eigenvalue weighted by atomic mass is 10.1. The molecule has 4 heterocycles. The Kier molecular flexibility index (Phi) is 5.21. The standard InChI is InChI=1S/C22H20F2N6S/c23-14-4-1-5-15(24)19(14)22-29-20-18(31-22)7-9-27-21(20)28-16-11-26-8-6-17(16)30-10-2-3-13(25)12-30/h1,4-9,11,13H,2-3,10,12,25H2,(H,27,28)/t13-/m0/s1. The first kappa shape index (κ1) is 19.8. The van der Waals surface area contributed by atoms with Crippen LogP contribution >= 0.6 is 11.3 Å². The maximum Gasteiger partial charge on any atom is 0.157 e. The molecule has 1 aliphatic heterocycles. The van der Waals surface area contributed by atoms with Gasteiger partial charge in [-0.05, 0) is 37.1 Å². The lowest BCUT2D eigenvalue weighted by molar-refractivity contribution is 0.506. The zero-order chi connectivity index (χ0) is 21.4. The highest BCUT2D eigenvalue weighted by molar-refractivity contribution is 7.21. The van der Waals surface area contributed by atoms with Gasteiger partial charge in [-0.25, -0.2) is 18.7 Å². The Hall–Kier alpha value is -3.17. The fraction of sp³-hybridized carbons (Fsp3) is 0.227. The molecule has 31 heavy (non-hydrogen) atoms. The van der Waals surface area contributed by atoms with Crippen molar-refractivity contribution in [1.82, 2.24) is 15.0 Å². The van der Waals surface area contributed by atoms with Crippen LogP contribution in [-0.4, -0.2) is 34.1 Å². The third-order valence-electron chi connectivity index (χ3n) is 5.33. The minimum Gasteiger partial charge on any atom is -0.368 e. The van der Waals surface area contributed by atoms with Crippen molar-refractivity contribution in [3.63, 3.8) is 0 Å². The quantitative estimate of drug-likeness (QED) is 0.481. The van der Waals surface area contributed by atoms with Gasteiger partial charge in [-0.1, -0.05) is 6.07 Å². The third-order valence-corrected chi connectivity index (χ3v) is 6.37. The van der Waals surface area contributed by atoms with Crippen molar-refractivity contribution < 1.29 is 8.78 Å². The van der Waals surface area contributed by atoms with Crippen molar-refractivity contribution >= 4 is 38.7 Å². The van der Waals surface area contributed by atoms with E-state index < -0.39 is 11.6 Å². The molecular weight excluding hydrogens is 418 g/mol. The average Bonchev–Trinajstić information content (AvgIpc) is 3.19. The molecule has 1 aliphatic rings. The fourth-order valence-corrected chi connectivity index (χ4v) is 4.88. The molecule has 4 aromatic rings. The van der Waals surface area contributed by atoms with Crippen molar-refractivity contribution in [2.45, 2.75) is 18.9 Å². The molecule has 1 aromatic carbocycles. The van der Waals surface area contributed by atoms with Crippen LogP contribution in [0.5, 0.6) is 0 Å². The summed E-state index contributed by atoms with van der Waals surface area (Å²) in [5.41, 5.74) is 8.35. The van der Waals surface area contributed by atoms with E-state index in [2.05, 4.69) is 25.2 Å². The first-order chi connectivity index (χ1) is 15.1. The number of hydrogen-bond donors (Lipinski definition) is 2. The molecular formula is C22H20F2N6S. The largest absolute Gasteiger partial charge is 0.368 e. The van der Waals surface area contributed by atoms with E-state index in [0.717, 1.165) is 42.0 Å². The maximum atomic E-state index is 14.3. The molecule has 6 nitrogen and oxygen atoms in total. The van der Waals surface area contributed by atoms with Crippen molar-refractivity contribution in [2.75, 3.05) is 23.3 Å². The number of hydrogen-bond acceptors (Lipinski definition) is 7. The van der Waals surface area contributed by atoms with E-state index in [1.54, 1.807) is 24.7 Å². The summed E-state index contributed by atoms with van der Waals surface area (Å²) >= 11 is 1.22. The van der Waals surface area contributed by atoms with Gasteiger partial charge in [0.05, 0.1) is 27.8 Å². The number of rotatable bonds is 4. The van der Waals surface area contributed by atoms with E-state index in [0.29, 0.717) is 11.3 Å². The maximum absolute atomic E-state index is 14.3. The SMILES string of the molecule is N[C@H]1CCCN(c2ccncc2Nc2nccc3sc(-c4c(F)cccc4F)nc23)C1. The van der Waals surface area contributed by atoms with E-state index in [4.69, 9.17) is 5.73 Å². The number of halogens is 2. The third kappa shape index (κ3) is 3.82. The van der Waals surface area contributed by atoms with Gasteiger partial charge in [0.25, 0.3) is 0 Å². The molecule has 0 unspecified atom stereocenters. The summed E-state index contributed by atoms with van der Waals surface area (Å²) in [6, 6.07) is 7.66. The van der Waals surface area contributed by atoms with Crippen molar-refractivity contribution in [1.29, 1.82) is 0 Å². The molecule has 5 rings (SSSR count). The number of benzene rings is 1. The van der Waals surface area contributed by atoms with Crippen LogP contribution in [0.15, 0.2) is 48.9 Å². The minimum atomic E-state index is -0.641. The lowest BCUT2D eigenvalue weighted by Gasteiger charge is -2.33. The van der Waals surface area contributed by atoms with Crippen LogP contribution in [0.2, 0.25) is 0 Å². The highest BCUT2D eigenvalue weighted by atomic mass is 32.1. The summed E-state index contributed by atoms with van der Waals surface area (Å²) in [7, 11) is 0. The van der Waals surface area contributed by atoms with E-state index in [1.165, 1.54) is 29.5 Å². The van der Waals surface area contributed by atoms with Gasteiger partial charge in [0.2, 0.25) is 0 Å². The predicted molar refractivity (Wildman–Crippen MR) is 120 cm³/mol. The second kappa shape index (κ2) is 8.16. The zero-order valence-corrected chi connectivity index (χ0v) is 17.4. The molecule has 0 saturated carbocycles. The number of nitrogens with zero attached hydrogens (tertiary/aromatic N) is 4. The Morgan fingerprint density at radius 1 is 1.13 bits per heavy atom. The van der Waals surface area contributed by atoms with Gasteiger partial charge in [0, 0.05) is 31.5 Å². The molecule has 158 valence electrons. The van der Waals surface area contributed by atoms with Crippen LogP contribution in [0, 0.1) is 11.6 Å².